The van der Waals surface area contributed by atoms with Crippen molar-refractivity contribution in [3.8, 4) is 0 Å². The summed E-state index contributed by atoms with van der Waals surface area (Å²) in [5.41, 5.74) is 1.45. The Kier molecular flexibility index (Phi) is 6.08. The predicted octanol–water partition coefficient (Wildman–Crippen LogP) is 2.26. The van der Waals surface area contributed by atoms with Crippen molar-refractivity contribution in [2.45, 2.75) is 27.0 Å². The van der Waals surface area contributed by atoms with E-state index >= 15 is 0 Å². The summed E-state index contributed by atoms with van der Waals surface area (Å²) >= 11 is 0. The Hall–Kier alpha value is -2.67. The molecule has 7 nitrogen and oxygen atoms in total. The predicted molar refractivity (Wildman–Crippen MR) is 91.5 cm³/mol. The highest BCUT2D eigenvalue weighted by Crippen LogP contribution is 2.12. The van der Waals surface area contributed by atoms with Crippen LogP contribution in [-0.4, -0.2) is 28.7 Å². The molecule has 2 amide bonds. The second kappa shape index (κ2) is 8.26. The van der Waals surface area contributed by atoms with Crippen LogP contribution in [0.1, 0.15) is 19.4 Å². The summed E-state index contributed by atoms with van der Waals surface area (Å²) in [6.45, 7) is 5.19. The highest BCUT2D eigenvalue weighted by atomic mass is 16.5. The number of nitrogens with zero attached hydrogens (tertiary/aromatic N) is 2. The molecule has 0 fully saturated rings. The number of anilines is 2. The Bertz CT molecular complexity index is 709. The first kappa shape index (κ1) is 17.7. The van der Waals surface area contributed by atoms with E-state index in [9.17, 15) is 9.59 Å². The van der Waals surface area contributed by atoms with Gasteiger partial charge in [0.15, 0.2) is 0 Å². The van der Waals surface area contributed by atoms with Gasteiger partial charge in [-0.1, -0.05) is 26.0 Å². The Morgan fingerprint density at radius 2 is 1.96 bits per heavy atom. The van der Waals surface area contributed by atoms with E-state index < -0.39 is 11.8 Å². The summed E-state index contributed by atoms with van der Waals surface area (Å²) in [6.07, 6.45) is 1.59. The van der Waals surface area contributed by atoms with Gasteiger partial charge in [-0.3, -0.25) is 9.59 Å². The average molecular weight is 330 g/mol. The number of rotatable bonds is 6. The zero-order valence-electron chi connectivity index (χ0n) is 14.1. The summed E-state index contributed by atoms with van der Waals surface area (Å²) in [4.78, 5) is 24.1. The van der Waals surface area contributed by atoms with E-state index in [2.05, 4.69) is 15.7 Å². The monoisotopic (exact) mass is 330 g/mol. The summed E-state index contributed by atoms with van der Waals surface area (Å²) in [7, 11) is 1.60. The number of ether oxygens (including phenoxy) is 1. The van der Waals surface area contributed by atoms with Gasteiger partial charge in [-0.2, -0.15) is 5.10 Å². The van der Waals surface area contributed by atoms with Crippen LogP contribution >= 0.6 is 0 Å². The molecule has 1 aromatic carbocycles. The molecule has 24 heavy (non-hydrogen) atoms. The van der Waals surface area contributed by atoms with Crippen molar-refractivity contribution in [1.82, 2.24) is 9.78 Å². The van der Waals surface area contributed by atoms with Crippen molar-refractivity contribution in [3.63, 3.8) is 0 Å². The SMILES string of the molecule is COCc1cccc(NC(=O)C(=O)Nc2ccnn2CC(C)C)c1. The minimum Gasteiger partial charge on any atom is -0.380 e. The molecule has 1 heterocycles. The van der Waals surface area contributed by atoms with Crippen LogP contribution in [0.5, 0.6) is 0 Å². The Morgan fingerprint density at radius 1 is 1.21 bits per heavy atom. The van der Waals surface area contributed by atoms with E-state index in [4.69, 9.17) is 4.74 Å². The van der Waals surface area contributed by atoms with Gasteiger partial charge in [0.1, 0.15) is 5.82 Å². The molecular formula is C17H22N4O3. The largest absolute Gasteiger partial charge is 0.380 e. The Labute approximate surface area is 141 Å². The van der Waals surface area contributed by atoms with Gasteiger partial charge in [0.25, 0.3) is 0 Å². The molecule has 0 aliphatic rings. The lowest BCUT2D eigenvalue weighted by molar-refractivity contribution is -0.133. The molecule has 7 heteroatoms. The van der Waals surface area contributed by atoms with Gasteiger partial charge in [-0.25, -0.2) is 4.68 Å². The Balaban J connectivity index is 1.99. The van der Waals surface area contributed by atoms with Gasteiger partial charge in [0, 0.05) is 25.4 Å². The van der Waals surface area contributed by atoms with Crippen molar-refractivity contribution in [2.24, 2.45) is 5.92 Å². The van der Waals surface area contributed by atoms with Gasteiger partial charge in [-0.15, -0.1) is 0 Å². The minimum atomic E-state index is -0.738. The molecule has 2 aromatic rings. The van der Waals surface area contributed by atoms with Crippen molar-refractivity contribution < 1.29 is 14.3 Å². The number of hydrogen-bond donors (Lipinski definition) is 2. The zero-order valence-corrected chi connectivity index (χ0v) is 14.1. The van der Waals surface area contributed by atoms with Crippen molar-refractivity contribution in [3.05, 3.63) is 42.1 Å². The van der Waals surface area contributed by atoms with Crippen molar-refractivity contribution in [2.75, 3.05) is 17.7 Å². The molecule has 128 valence electrons. The first-order valence-corrected chi connectivity index (χ1v) is 7.71. The molecule has 0 unspecified atom stereocenters. The Morgan fingerprint density at radius 3 is 2.67 bits per heavy atom. The van der Waals surface area contributed by atoms with Gasteiger partial charge < -0.3 is 15.4 Å². The maximum atomic E-state index is 12.1. The molecular weight excluding hydrogens is 308 g/mol. The van der Waals surface area contributed by atoms with Gasteiger partial charge >= 0.3 is 11.8 Å². The van der Waals surface area contributed by atoms with Crippen LogP contribution in [0.25, 0.3) is 0 Å². The van der Waals surface area contributed by atoms with E-state index in [1.165, 1.54) is 0 Å². The molecule has 2 rings (SSSR count). The average Bonchev–Trinajstić information content (AvgIpc) is 2.94. The second-order valence-corrected chi connectivity index (χ2v) is 5.83. The fourth-order valence-corrected chi connectivity index (χ4v) is 2.20. The maximum absolute atomic E-state index is 12.1. The zero-order chi connectivity index (χ0) is 17.5. The van der Waals surface area contributed by atoms with E-state index in [1.54, 1.807) is 42.3 Å². The van der Waals surface area contributed by atoms with E-state index in [1.807, 2.05) is 19.9 Å². The lowest BCUT2D eigenvalue weighted by Crippen LogP contribution is -2.30. The molecule has 0 radical (unpaired) electrons. The third kappa shape index (κ3) is 4.92. The first-order chi connectivity index (χ1) is 11.5. The highest BCUT2D eigenvalue weighted by molar-refractivity contribution is 6.43. The number of nitrogens with one attached hydrogen (secondary N) is 2. The molecule has 1 aromatic heterocycles. The standard InChI is InChI=1S/C17H22N4O3/c1-12(2)10-21-15(7-8-18-21)20-17(23)16(22)19-14-6-4-5-13(9-14)11-24-3/h4-9,12H,10-11H2,1-3H3,(H,19,22)(H,20,23). The molecule has 0 aliphatic heterocycles. The normalized spacial score (nSPS) is 10.7. The van der Waals surface area contributed by atoms with Crippen LogP contribution in [0.2, 0.25) is 0 Å². The number of carbonyl (C=O) groups is 2. The molecule has 2 N–H and O–H groups in total. The lowest BCUT2D eigenvalue weighted by Gasteiger charge is -2.11. The van der Waals surface area contributed by atoms with Gasteiger partial charge in [-0.05, 0) is 23.6 Å². The molecule has 0 bridgehead atoms. The number of methoxy groups -OCH3 is 1. The van der Waals surface area contributed by atoms with Crippen molar-refractivity contribution >= 4 is 23.3 Å². The molecule has 0 spiro atoms. The summed E-state index contributed by atoms with van der Waals surface area (Å²) in [5.74, 6) is -0.602. The third-order valence-electron chi connectivity index (χ3n) is 3.20. The number of amides is 2. The van der Waals surface area contributed by atoms with Crippen LogP contribution < -0.4 is 10.6 Å². The molecule has 0 atom stereocenters. The van der Waals surface area contributed by atoms with Crippen LogP contribution in [0.4, 0.5) is 11.5 Å². The van der Waals surface area contributed by atoms with E-state index in [0.29, 0.717) is 30.6 Å². The van der Waals surface area contributed by atoms with Crippen LogP contribution in [-0.2, 0) is 27.5 Å². The van der Waals surface area contributed by atoms with Gasteiger partial charge in [0.2, 0.25) is 0 Å². The van der Waals surface area contributed by atoms with Crippen molar-refractivity contribution in [1.29, 1.82) is 0 Å². The molecule has 0 saturated heterocycles. The smallest absolute Gasteiger partial charge is 0.315 e. The topological polar surface area (TPSA) is 85.2 Å². The van der Waals surface area contributed by atoms with E-state index in [-0.39, 0.29) is 0 Å². The molecule has 0 saturated carbocycles. The second-order valence-electron chi connectivity index (χ2n) is 5.83. The number of carbonyl (C=O) groups excluding carboxylic acids is 2. The number of benzene rings is 1. The van der Waals surface area contributed by atoms with Crippen LogP contribution in [0.15, 0.2) is 36.5 Å². The quantitative estimate of drug-likeness (QED) is 0.796. The highest BCUT2D eigenvalue weighted by Gasteiger charge is 2.16. The third-order valence-corrected chi connectivity index (χ3v) is 3.20. The summed E-state index contributed by atoms with van der Waals surface area (Å²) in [6, 6.07) is 8.81. The van der Waals surface area contributed by atoms with Crippen LogP contribution in [0, 0.1) is 5.92 Å². The first-order valence-electron chi connectivity index (χ1n) is 7.71. The van der Waals surface area contributed by atoms with E-state index in [0.717, 1.165) is 5.56 Å². The van der Waals surface area contributed by atoms with Gasteiger partial charge in [0.05, 0.1) is 12.8 Å². The number of hydrogen-bond acceptors (Lipinski definition) is 4. The number of aromatic nitrogens is 2. The fourth-order valence-electron chi connectivity index (χ4n) is 2.20. The molecule has 0 aliphatic carbocycles. The fraction of sp³-hybridized carbons (Fsp3) is 0.353. The lowest BCUT2D eigenvalue weighted by atomic mass is 10.2. The maximum Gasteiger partial charge on any atom is 0.315 e. The summed E-state index contributed by atoms with van der Waals surface area (Å²) in [5, 5.41) is 9.30. The minimum absolute atomic E-state index is 0.373. The summed E-state index contributed by atoms with van der Waals surface area (Å²) < 4.78 is 6.71. The van der Waals surface area contributed by atoms with Crippen LogP contribution in [0.3, 0.4) is 0 Å².